The molecule has 3 N–H and O–H groups in total. The molecule has 0 bridgehead atoms. The Balaban J connectivity index is 0.000000221. The number of aliphatic hydroxyl groups excluding tert-OH is 1. The number of nitrogens with zero attached hydrogens (tertiary/aromatic N) is 1. The Morgan fingerprint density at radius 2 is 1.96 bits per heavy atom. The van der Waals surface area contributed by atoms with Gasteiger partial charge in [0.1, 0.15) is 5.60 Å². The zero-order valence-electron chi connectivity index (χ0n) is 16.7. The van der Waals surface area contributed by atoms with Crippen LogP contribution in [0.5, 0.6) is 0 Å². The molecule has 8 nitrogen and oxygen atoms in total. The number of aliphatic carboxylic acids is 1. The van der Waals surface area contributed by atoms with E-state index >= 15 is 0 Å². The van der Waals surface area contributed by atoms with Crippen molar-refractivity contribution in [3.05, 3.63) is 35.9 Å². The Hall–Kier alpha value is -2.16. The van der Waals surface area contributed by atoms with Gasteiger partial charge in [-0.1, -0.05) is 30.3 Å². The summed E-state index contributed by atoms with van der Waals surface area (Å²) in [7, 11) is 0. The van der Waals surface area contributed by atoms with Crippen molar-refractivity contribution >= 4 is 12.1 Å². The predicted octanol–water partition coefficient (Wildman–Crippen LogP) is 1.79. The molecule has 3 rings (SSSR count). The molecule has 2 atom stereocenters. The summed E-state index contributed by atoms with van der Waals surface area (Å²) < 4.78 is 10.9. The molecule has 28 heavy (non-hydrogen) atoms. The van der Waals surface area contributed by atoms with Crippen LogP contribution in [0.4, 0.5) is 4.79 Å². The van der Waals surface area contributed by atoms with Gasteiger partial charge in [0.15, 0.2) is 6.10 Å². The van der Waals surface area contributed by atoms with Crippen LogP contribution in [0.15, 0.2) is 30.3 Å². The first-order chi connectivity index (χ1) is 13.1. The van der Waals surface area contributed by atoms with Crippen LogP contribution < -0.4 is 5.32 Å². The van der Waals surface area contributed by atoms with Crippen molar-refractivity contribution in [3.63, 3.8) is 0 Å². The molecule has 8 heteroatoms. The Bertz CT molecular complexity index is 652. The van der Waals surface area contributed by atoms with Gasteiger partial charge in [-0.2, -0.15) is 0 Å². The minimum atomic E-state index is -1.41. The van der Waals surface area contributed by atoms with Crippen LogP contribution in [0.2, 0.25) is 0 Å². The van der Waals surface area contributed by atoms with Gasteiger partial charge >= 0.3 is 12.1 Å². The van der Waals surface area contributed by atoms with E-state index in [9.17, 15) is 9.59 Å². The van der Waals surface area contributed by atoms with Crippen LogP contribution >= 0.6 is 0 Å². The Labute approximate surface area is 165 Å². The van der Waals surface area contributed by atoms with E-state index in [2.05, 4.69) is 5.32 Å². The second-order valence-electron chi connectivity index (χ2n) is 8.06. The molecule has 2 aliphatic heterocycles. The number of hydrogen-bond donors (Lipinski definition) is 3. The molecule has 2 saturated heterocycles. The minimum Gasteiger partial charge on any atom is -0.479 e. The number of carboxylic acids is 1. The van der Waals surface area contributed by atoms with Crippen molar-refractivity contribution in [2.45, 2.75) is 44.4 Å². The normalized spacial score (nSPS) is 22.9. The van der Waals surface area contributed by atoms with Gasteiger partial charge in [-0.15, -0.1) is 0 Å². The summed E-state index contributed by atoms with van der Waals surface area (Å²) in [6, 6.07) is 8.26. The average molecular weight is 394 g/mol. The number of carbonyl (C=O) groups excluding carboxylic acids is 1. The van der Waals surface area contributed by atoms with Gasteiger partial charge in [-0.25, -0.2) is 9.59 Å². The van der Waals surface area contributed by atoms with Crippen LogP contribution in [0.25, 0.3) is 0 Å². The molecule has 2 aliphatic rings. The number of hydrogen-bond acceptors (Lipinski definition) is 6. The maximum atomic E-state index is 11.9. The topological polar surface area (TPSA) is 108 Å². The van der Waals surface area contributed by atoms with Crippen molar-refractivity contribution in [2.75, 3.05) is 32.8 Å². The van der Waals surface area contributed by atoms with E-state index < -0.39 is 17.7 Å². The molecule has 0 radical (unpaired) electrons. The molecular formula is C20H30N2O6. The lowest BCUT2D eigenvalue weighted by Gasteiger charge is -2.34. The number of aliphatic hydroxyl groups is 1. The summed E-state index contributed by atoms with van der Waals surface area (Å²) in [4.78, 5) is 23.9. The molecule has 0 aromatic heterocycles. The van der Waals surface area contributed by atoms with E-state index in [1.165, 1.54) is 0 Å². The Kier molecular flexibility index (Phi) is 7.40. The number of likely N-dealkylation sites (tertiary alicyclic amines) is 1. The lowest BCUT2D eigenvalue weighted by molar-refractivity contribution is -0.146. The van der Waals surface area contributed by atoms with E-state index in [0.717, 1.165) is 26.1 Å². The Morgan fingerprint density at radius 1 is 1.29 bits per heavy atom. The molecule has 1 aromatic carbocycles. The third-order valence-electron chi connectivity index (χ3n) is 4.48. The largest absolute Gasteiger partial charge is 0.479 e. The molecular weight excluding hydrogens is 364 g/mol. The summed E-state index contributed by atoms with van der Waals surface area (Å²) in [5, 5.41) is 20.9. The zero-order chi connectivity index (χ0) is 20.8. The standard InChI is InChI=1S/C12H22N2O3.C8H8O3/c1-11(2,3)17-10(15)14-6-4-12(8-14)9-16-7-5-13-12;9-7(8(10)11)6-4-2-1-3-5-6/h13H,4-9H2,1-3H3;1-5,7,9H,(H,10,11)/t12-;7-/m00/s1. The summed E-state index contributed by atoms with van der Waals surface area (Å²) in [5.74, 6) is -1.23. The number of morpholine rings is 1. The molecule has 0 saturated carbocycles. The molecule has 2 fully saturated rings. The second kappa shape index (κ2) is 9.36. The highest BCUT2D eigenvalue weighted by molar-refractivity contribution is 5.73. The van der Waals surface area contributed by atoms with Crippen molar-refractivity contribution in [1.82, 2.24) is 10.2 Å². The third-order valence-corrected chi connectivity index (χ3v) is 4.48. The first-order valence-corrected chi connectivity index (χ1v) is 9.38. The highest BCUT2D eigenvalue weighted by Crippen LogP contribution is 2.25. The second-order valence-corrected chi connectivity index (χ2v) is 8.06. The van der Waals surface area contributed by atoms with Crippen LogP contribution in [-0.4, -0.2) is 71.2 Å². The van der Waals surface area contributed by atoms with Gasteiger partial charge in [0, 0.05) is 19.6 Å². The van der Waals surface area contributed by atoms with Gasteiger partial charge in [0.05, 0.1) is 18.8 Å². The van der Waals surface area contributed by atoms with E-state index in [1.54, 1.807) is 35.2 Å². The van der Waals surface area contributed by atoms with Gasteiger partial charge in [-0.05, 0) is 32.8 Å². The number of nitrogens with one attached hydrogen (secondary N) is 1. The summed E-state index contributed by atoms with van der Waals surface area (Å²) in [6.07, 6.45) is -0.690. The summed E-state index contributed by atoms with van der Waals surface area (Å²) in [6.45, 7) is 9.39. The molecule has 1 aromatic rings. The van der Waals surface area contributed by atoms with Crippen molar-refractivity contribution in [2.24, 2.45) is 0 Å². The lowest BCUT2D eigenvalue weighted by atomic mass is 9.99. The van der Waals surface area contributed by atoms with Crippen LogP contribution in [0.1, 0.15) is 38.9 Å². The highest BCUT2D eigenvalue weighted by Gasteiger charge is 2.42. The molecule has 1 amide bonds. The van der Waals surface area contributed by atoms with Gasteiger partial charge < -0.3 is 29.9 Å². The van der Waals surface area contributed by atoms with Gasteiger partial charge in [0.2, 0.25) is 0 Å². The SMILES string of the molecule is CC(C)(C)OC(=O)N1CC[C@@]2(COCCN2)C1.O=C(O)[C@@H](O)c1ccccc1. The van der Waals surface area contributed by atoms with Crippen LogP contribution in [0, 0.1) is 0 Å². The summed E-state index contributed by atoms with van der Waals surface area (Å²) in [5.41, 5.74) is -0.0709. The lowest BCUT2D eigenvalue weighted by Crippen LogP contribution is -2.56. The maximum Gasteiger partial charge on any atom is 0.410 e. The number of amides is 1. The number of carboxylic acid groups (broad SMARTS) is 1. The molecule has 1 spiro atoms. The van der Waals surface area contributed by atoms with Crippen molar-refractivity contribution in [1.29, 1.82) is 0 Å². The van der Waals surface area contributed by atoms with Crippen LogP contribution in [-0.2, 0) is 14.3 Å². The van der Waals surface area contributed by atoms with Crippen LogP contribution in [0.3, 0.4) is 0 Å². The quantitative estimate of drug-likeness (QED) is 0.702. The molecule has 0 unspecified atom stereocenters. The van der Waals surface area contributed by atoms with Gasteiger partial charge in [-0.3, -0.25) is 0 Å². The van der Waals surface area contributed by atoms with E-state index in [4.69, 9.17) is 19.7 Å². The Morgan fingerprint density at radius 3 is 2.50 bits per heavy atom. The van der Waals surface area contributed by atoms with E-state index in [-0.39, 0.29) is 11.6 Å². The fraction of sp³-hybridized carbons (Fsp3) is 0.600. The smallest absolute Gasteiger partial charge is 0.410 e. The number of benzene rings is 1. The predicted molar refractivity (Wildman–Crippen MR) is 103 cm³/mol. The molecule has 0 aliphatic carbocycles. The third kappa shape index (κ3) is 6.47. The molecule has 156 valence electrons. The number of ether oxygens (including phenoxy) is 2. The minimum absolute atomic E-state index is 0.0465. The highest BCUT2D eigenvalue weighted by atomic mass is 16.6. The molecule has 2 heterocycles. The fourth-order valence-electron chi connectivity index (χ4n) is 3.10. The van der Waals surface area contributed by atoms with Gasteiger partial charge in [0.25, 0.3) is 0 Å². The van der Waals surface area contributed by atoms with E-state index in [0.29, 0.717) is 18.7 Å². The number of carbonyl (C=O) groups is 2. The maximum absolute atomic E-state index is 11.9. The van der Waals surface area contributed by atoms with E-state index in [1.807, 2.05) is 20.8 Å². The van der Waals surface area contributed by atoms with Crippen molar-refractivity contribution < 1.29 is 29.3 Å². The monoisotopic (exact) mass is 394 g/mol. The average Bonchev–Trinajstić information content (AvgIpc) is 3.05. The van der Waals surface area contributed by atoms with Crippen molar-refractivity contribution in [3.8, 4) is 0 Å². The summed E-state index contributed by atoms with van der Waals surface area (Å²) >= 11 is 0. The number of rotatable bonds is 2. The first kappa shape index (κ1) is 22.1. The first-order valence-electron chi connectivity index (χ1n) is 9.38. The zero-order valence-corrected chi connectivity index (χ0v) is 16.7. The fourth-order valence-corrected chi connectivity index (χ4v) is 3.10.